The topological polar surface area (TPSA) is 95.5 Å². The first-order chi connectivity index (χ1) is 11.3. The molecule has 6 heteroatoms. The van der Waals surface area contributed by atoms with Crippen LogP contribution in [0.25, 0.3) is 0 Å². The number of aryl methyl sites for hydroxylation is 1. The Bertz CT molecular complexity index is 648. The molecule has 130 valence electrons. The van der Waals surface area contributed by atoms with Crippen LogP contribution in [-0.4, -0.2) is 28.9 Å². The van der Waals surface area contributed by atoms with Crippen LogP contribution in [0.3, 0.4) is 0 Å². The molecular weight excluding hydrogens is 308 g/mol. The van der Waals surface area contributed by atoms with Crippen molar-refractivity contribution in [1.82, 2.24) is 5.32 Å². The Kier molecular flexibility index (Phi) is 5.59. The van der Waals surface area contributed by atoms with E-state index in [2.05, 4.69) is 10.6 Å². The first-order valence-corrected chi connectivity index (χ1v) is 8.20. The molecule has 0 atom stereocenters. The highest BCUT2D eigenvalue weighted by atomic mass is 16.4. The molecule has 3 N–H and O–H groups in total. The number of carbonyl (C=O) groups is 3. The molecule has 1 aromatic carbocycles. The average Bonchev–Trinajstić information content (AvgIpc) is 2.42. The van der Waals surface area contributed by atoms with Crippen LogP contribution in [0.5, 0.6) is 0 Å². The highest BCUT2D eigenvalue weighted by molar-refractivity contribution is 5.96. The van der Waals surface area contributed by atoms with Crippen molar-refractivity contribution in [3.8, 4) is 0 Å². The van der Waals surface area contributed by atoms with Crippen LogP contribution >= 0.6 is 0 Å². The van der Waals surface area contributed by atoms with E-state index in [-0.39, 0.29) is 29.7 Å². The lowest BCUT2D eigenvalue weighted by atomic mass is 9.80. The lowest BCUT2D eigenvalue weighted by Crippen LogP contribution is -2.46. The number of carbonyl (C=O) groups excluding carboxylic acids is 2. The van der Waals surface area contributed by atoms with E-state index in [9.17, 15) is 14.4 Å². The third-order valence-corrected chi connectivity index (χ3v) is 4.18. The van der Waals surface area contributed by atoms with Crippen molar-refractivity contribution in [3.63, 3.8) is 0 Å². The molecule has 0 aliphatic heterocycles. The molecule has 1 aliphatic rings. The van der Waals surface area contributed by atoms with Crippen LogP contribution in [0, 0.1) is 18.8 Å². The Morgan fingerprint density at radius 1 is 1.25 bits per heavy atom. The first-order valence-electron chi connectivity index (χ1n) is 8.20. The molecule has 24 heavy (non-hydrogen) atoms. The van der Waals surface area contributed by atoms with Crippen molar-refractivity contribution in [1.29, 1.82) is 0 Å². The number of anilines is 1. The fourth-order valence-electron chi connectivity index (χ4n) is 2.72. The van der Waals surface area contributed by atoms with Crippen molar-refractivity contribution in [3.05, 3.63) is 29.3 Å². The second-order valence-corrected chi connectivity index (χ2v) is 6.85. The quantitative estimate of drug-likeness (QED) is 0.746. The van der Waals surface area contributed by atoms with E-state index >= 15 is 0 Å². The second kappa shape index (κ2) is 7.47. The van der Waals surface area contributed by atoms with E-state index in [0.29, 0.717) is 30.5 Å². The van der Waals surface area contributed by atoms with E-state index in [1.165, 1.54) is 0 Å². The predicted octanol–water partition coefficient (Wildman–Crippen LogP) is 2.57. The first kappa shape index (κ1) is 18.0. The Balaban J connectivity index is 1.93. The number of aliphatic carboxylic acids is 1. The summed E-state index contributed by atoms with van der Waals surface area (Å²) in [6, 6.07) is 5.04. The van der Waals surface area contributed by atoms with Crippen LogP contribution < -0.4 is 10.6 Å². The van der Waals surface area contributed by atoms with Gasteiger partial charge in [-0.2, -0.15) is 0 Å². The second-order valence-electron chi connectivity index (χ2n) is 6.85. The smallest absolute Gasteiger partial charge is 0.306 e. The van der Waals surface area contributed by atoms with Gasteiger partial charge in [0, 0.05) is 23.7 Å². The molecule has 0 radical (unpaired) electrons. The Hall–Kier alpha value is -2.37. The number of carboxylic acids is 1. The molecule has 0 unspecified atom stereocenters. The third-order valence-electron chi connectivity index (χ3n) is 4.18. The predicted molar refractivity (Wildman–Crippen MR) is 90.9 cm³/mol. The maximum atomic E-state index is 12.2. The molecule has 0 saturated heterocycles. The molecular formula is C18H24N2O4. The van der Waals surface area contributed by atoms with E-state index < -0.39 is 5.97 Å². The lowest BCUT2D eigenvalue weighted by Gasteiger charge is -2.32. The number of rotatable bonds is 6. The summed E-state index contributed by atoms with van der Waals surface area (Å²) >= 11 is 0. The normalized spacial score (nSPS) is 19.5. The molecule has 0 spiro atoms. The number of amides is 2. The highest BCUT2D eigenvalue weighted by Crippen LogP contribution is 2.28. The maximum Gasteiger partial charge on any atom is 0.306 e. The van der Waals surface area contributed by atoms with Gasteiger partial charge >= 0.3 is 5.97 Å². The molecule has 1 saturated carbocycles. The van der Waals surface area contributed by atoms with E-state index in [1.54, 1.807) is 18.2 Å². The Labute approximate surface area is 141 Å². The van der Waals surface area contributed by atoms with Gasteiger partial charge in [-0.15, -0.1) is 0 Å². The number of benzene rings is 1. The van der Waals surface area contributed by atoms with Gasteiger partial charge in [-0.1, -0.05) is 13.8 Å². The molecule has 1 aliphatic carbocycles. The summed E-state index contributed by atoms with van der Waals surface area (Å²) in [7, 11) is 0. The van der Waals surface area contributed by atoms with Crippen molar-refractivity contribution in [2.75, 3.05) is 5.32 Å². The Morgan fingerprint density at radius 2 is 1.92 bits per heavy atom. The van der Waals surface area contributed by atoms with E-state index in [4.69, 9.17) is 5.11 Å². The van der Waals surface area contributed by atoms with Crippen LogP contribution in [0.1, 0.15) is 49.0 Å². The molecule has 0 aromatic heterocycles. The molecule has 1 fully saturated rings. The Morgan fingerprint density at radius 3 is 2.46 bits per heavy atom. The summed E-state index contributed by atoms with van der Waals surface area (Å²) in [5.74, 6) is -1.13. The van der Waals surface area contributed by atoms with Gasteiger partial charge in [0.25, 0.3) is 5.91 Å². The zero-order valence-electron chi connectivity index (χ0n) is 14.3. The van der Waals surface area contributed by atoms with E-state index in [1.807, 2.05) is 20.8 Å². The SMILES string of the molecule is Cc1cc(C(=O)NC2CC(C(=O)O)C2)ccc1NC(=O)CC(C)C. The molecule has 2 amide bonds. The zero-order valence-corrected chi connectivity index (χ0v) is 14.3. The van der Waals surface area contributed by atoms with Crippen LogP contribution in [-0.2, 0) is 9.59 Å². The van der Waals surface area contributed by atoms with Gasteiger partial charge in [-0.3, -0.25) is 14.4 Å². The van der Waals surface area contributed by atoms with Crippen molar-refractivity contribution < 1.29 is 19.5 Å². The van der Waals surface area contributed by atoms with Gasteiger partial charge in [0.2, 0.25) is 5.91 Å². The van der Waals surface area contributed by atoms with Gasteiger partial charge in [0.1, 0.15) is 0 Å². The number of hydrogen-bond acceptors (Lipinski definition) is 3. The molecule has 0 heterocycles. The summed E-state index contributed by atoms with van der Waals surface area (Å²) in [5, 5.41) is 14.5. The van der Waals surface area contributed by atoms with Crippen molar-refractivity contribution in [2.45, 2.75) is 46.1 Å². The fraction of sp³-hybridized carbons (Fsp3) is 0.500. The monoisotopic (exact) mass is 332 g/mol. The summed E-state index contributed by atoms with van der Waals surface area (Å²) in [5.41, 5.74) is 2.02. The summed E-state index contributed by atoms with van der Waals surface area (Å²) in [6.45, 7) is 5.80. The highest BCUT2D eigenvalue weighted by Gasteiger charge is 2.35. The minimum Gasteiger partial charge on any atom is -0.481 e. The standard InChI is InChI=1S/C18H24N2O4/c1-10(2)6-16(21)20-15-5-4-12(7-11(15)3)17(22)19-14-8-13(9-14)18(23)24/h4-5,7,10,13-14H,6,8-9H2,1-3H3,(H,19,22)(H,20,21)(H,23,24). The lowest BCUT2D eigenvalue weighted by molar-refractivity contribution is -0.145. The minimum absolute atomic E-state index is 0.0421. The van der Waals surface area contributed by atoms with Crippen LogP contribution in [0.4, 0.5) is 5.69 Å². The van der Waals surface area contributed by atoms with Gasteiger partial charge < -0.3 is 15.7 Å². The number of nitrogens with one attached hydrogen (secondary N) is 2. The van der Waals surface area contributed by atoms with Gasteiger partial charge in [0.15, 0.2) is 0 Å². The summed E-state index contributed by atoms with van der Waals surface area (Å²) < 4.78 is 0. The van der Waals surface area contributed by atoms with Crippen molar-refractivity contribution >= 4 is 23.5 Å². The molecule has 2 rings (SSSR count). The number of carboxylic acid groups (broad SMARTS) is 1. The third kappa shape index (κ3) is 4.57. The van der Waals surface area contributed by atoms with Gasteiger partial charge in [-0.25, -0.2) is 0 Å². The van der Waals surface area contributed by atoms with Gasteiger partial charge in [-0.05, 0) is 49.4 Å². The van der Waals surface area contributed by atoms with E-state index in [0.717, 1.165) is 5.56 Å². The average molecular weight is 332 g/mol. The van der Waals surface area contributed by atoms with Gasteiger partial charge in [0.05, 0.1) is 5.92 Å². The minimum atomic E-state index is -0.808. The summed E-state index contributed by atoms with van der Waals surface area (Å²) in [6.07, 6.45) is 1.40. The summed E-state index contributed by atoms with van der Waals surface area (Å²) in [4.78, 5) is 34.8. The van der Waals surface area contributed by atoms with Crippen LogP contribution in [0.15, 0.2) is 18.2 Å². The molecule has 6 nitrogen and oxygen atoms in total. The molecule has 0 bridgehead atoms. The zero-order chi connectivity index (χ0) is 17.9. The van der Waals surface area contributed by atoms with Crippen molar-refractivity contribution in [2.24, 2.45) is 11.8 Å². The van der Waals surface area contributed by atoms with Crippen LogP contribution in [0.2, 0.25) is 0 Å². The molecule has 1 aromatic rings. The number of hydrogen-bond donors (Lipinski definition) is 3. The fourth-order valence-corrected chi connectivity index (χ4v) is 2.72. The largest absolute Gasteiger partial charge is 0.481 e. The maximum absolute atomic E-state index is 12.2.